The number of anilines is 2. The molecule has 1 amide bonds. The zero-order valence-corrected chi connectivity index (χ0v) is 18.0. The largest absolute Gasteiger partial charge is 0.440 e. The van der Waals surface area contributed by atoms with Gasteiger partial charge in [0.05, 0.1) is 11.7 Å². The first-order valence-corrected chi connectivity index (χ1v) is 10.2. The number of nitrogens with zero attached hydrogens (tertiary/aromatic N) is 6. The lowest BCUT2D eigenvalue weighted by atomic mass is 10.1. The Balaban J connectivity index is 1.30. The van der Waals surface area contributed by atoms with Gasteiger partial charge in [0.25, 0.3) is 5.89 Å². The molecule has 0 aliphatic rings. The van der Waals surface area contributed by atoms with Crippen molar-refractivity contribution < 1.29 is 9.21 Å². The first kappa shape index (κ1) is 20.3. The van der Waals surface area contributed by atoms with Gasteiger partial charge in [0.15, 0.2) is 0 Å². The minimum Gasteiger partial charge on any atom is -0.440 e. The van der Waals surface area contributed by atoms with Crippen molar-refractivity contribution in [3.63, 3.8) is 0 Å². The van der Waals surface area contributed by atoms with Crippen molar-refractivity contribution in [1.29, 1.82) is 0 Å². The molecule has 0 fully saturated rings. The van der Waals surface area contributed by atoms with E-state index in [0.717, 1.165) is 27.8 Å². The Morgan fingerprint density at radius 2 is 2.00 bits per heavy atom. The van der Waals surface area contributed by atoms with Gasteiger partial charge in [-0.1, -0.05) is 18.2 Å². The van der Waals surface area contributed by atoms with Crippen LogP contribution >= 0.6 is 0 Å². The fourth-order valence-corrected chi connectivity index (χ4v) is 3.33. The molecule has 10 nitrogen and oxygen atoms in total. The van der Waals surface area contributed by atoms with E-state index in [1.54, 1.807) is 23.3 Å². The molecule has 2 N–H and O–H groups in total. The van der Waals surface area contributed by atoms with Gasteiger partial charge in [-0.05, 0) is 30.2 Å². The molecule has 0 atom stereocenters. The quantitative estimate of drug-likeness (QED) is 0.412. The molecular weight excluding hydrogens is 420 g/mol. The van der Waals surface area contributed by atoms with Crippen molar-refractivity contribution in [2.24, 2.45) is 7.05 Å². The van der Waals surface area contributed by atoms with Crippen LogP contribution in [0.15, 0.2) is 65.7 Å². The van der Waals surface area contributed by atoms with E-state index in [4.69, 9.17) is 4.42 Å². The number of hydrogen-bond donors (Lipinski definition) is 2. The number of fused-ring (bicyclic) bond motifs is 1. The summed E-state index contributed by atoms with van der Waals surface area (Å²) in [4.78, 5) is 30.2. The fourth-order valence-electron chi connectivity index (χ4n) is 3.33. The van der Waals surface area contributed by atoms with Crippen LogP contribution in [-0.4, -0.2) is 35.6 Å². The Morgan fingerprint density at radius 1 is 1.12 bits per heavy atom. The third kappa shape index (κ3) is 4.26. The van der Waals surface area contributed by atoms with E-state index >= 15 is 0 Å². The number of aryl methyl sites for hydroxylation is 2. The minimum atomic E-state index is -0.422. The maximum atomic E-state index is 12.6. The number of carbonyl (C=O) groups excluding carboxylic acids is 1. The number of amides is 1. The zero-order chi connectivity index (χ0) is 22.8. The van der Waals surface area contributed by atoms with Crippen LogP contribution in [0.3, 0.4) is 0 Å². The van der Waals surface area contributed by atoms with E-state index < -0.39 is 5.91 Å². The monoisotopic (exact) mass is 440 g/mol. The second-order valence-electron chi connectivity index (χ2n) is 7.45. The molecule has 4 heterocycles. The summed E-state index contributed by atoms with van der Waals surface area (Å²) >= 11 is 0. The number of rotatable bonds is 6. The lowest BCUT2D eigenvalue weighted by Crippen LogP contribution is -2.23. The van der Waals surface area contributed by atoms with Crippen molar-refractivity contribution in [2.75, 3.05) is 5.32 Å². The number of para-hydroxylation sites is 1. The van der Waals surface area contributed by atoms with Crippen LogP contribution < -0.4 is 10.6 Å². The average molecular weight is 440 g/mol. The Hall–Kier alpha value is -4.60. The summed E-state index contributed by atoms with van der Waals surface area (Å²) < 4.78 is 7.10. The number of carbonyl (C=O) groups is 1. The van der Waals surface area contributed by atoms with Crippen LogP contribution in [0, 0.1) is 6.92 Å². The molecule has 1 aromatic carbocycles. The van der Waals surface area contributed by atoms with E-state index in [0.29, 0.717) is 23.9 Å². The van der Waals surface area contributed by atoms with Crippen LogP contribution in [0.1, 0.15) is 21.8 Å². The molecule has 0 bridgehead atoms. The number of aromatic nitrogens is 6. The van der Waals surface area contributed by atoms with Crippen LogP contribution in [0.2, 0.25) is 0 Å². The summed E-state index contributed by atoms with van der Waals surface area (Å²) in [7, 11) is 1.81. The second-order valence-corrected chi connectivity index (χ2v) is 7.45. The van der Waals surface area contributed by atoms with Crippen LogP contribution in [0.5, 0.6) is 0 Å². The lowest BCUT2D eigenvalue weighted by Gasteiger charge is -2.07. The molecule has 33 heavy (non-hydrogen) atoms. The van der Waals surface area contributed by atoms with Crippen molar-refractivity contribution >= 4 is 28.6 Å². The van der Waals surface area contributed by atoms with Gasteiger partial charge in [-0.2, -0.15) is 5.10 Å². The average Bonchev–Trinajstić information content (AvgIpc) is 3.48. The van der Waals surface area contributed by atoms with Gasteiger partial charge in [0.2, 0.25) is 5.95 Å². The van der Waals surface area contributed by atoms with Crippen LogP contribution in [0.25, 0.3) is 22.3 Å². The van der Waals surface area contributed by atoms with Gasteiger partial charge >= 0.3 is 5.91 Å². The minimum absolute atomic E-state index is 0.0436. The highest BCUT2D eigenvalue weighted by Gasteiger charge is 2.17. The predicted molar refractivity (Wildman–Crippen MR) is 122 cm³/mol. The van der Waals surface area contributed by atoms with Crippen molar-refractivity contribution in [2.45, 2.75) is 13.5 Å². The molecule has 0 saturated carbocycles. The number of oxazole rings is 1. The highest BCUT2D eigenvalue weighted by Crippen LogP contribution is 2.22. The summed E-state index contributed by atoms with van der Waals surface area (Å²) in [6.45, 7) is 2.17. The maximum absolute atomic E-state index is 12.6. The SMILES string of the molecule is Cc1cnc(Nc2ccnn2C)nc1-c1coc(C(=O)NCc2cnc3ccccc3c2)n1. The predicted octanol–water partition coefficient (Wildman–Crippen LogP) is 3.40. The maximum Gasteiger partial charge on any atom is 0.307 e. The van der Waals surface area contributed by atoms with Gasteiger partial charge in [0.1, 0.15) is 23.5 Å². The highest BCUT2D eigenvalue weighted by molar-refractivity contribution is 5.90. The van der Waals surface area contributed by atoms with Crippen LogP contribution in [-0.2, 0) is 13.6 Å². The van der Waals surface area contributed by atoms with E-state index in [1.165, 1.54) is 6.26 Å². The number of pyridine rings is 1. The van der Waals surface area contributed by atoms with Gasteiger partial charge in [0, 0.05) is 37.4 Å². The summed E-state index contributed by atoms with van der Waals surface area (Å²) in [5, 5.41) is 11.0. The molecule has 0 unspecified atom stereocenters. The smallest absolute Gasteiger partial charge is 0.307 e. The Bertz CT molecular complexity index is 1460. The Morgan fingerprint density at radius 3 is 2.85 bits per heavy atom. The van der Waals surface area contributed by atoms with Crippen molar-refractivity contribution in [1.82, 2.24) is 35.0 Å². The molecule has 5 rings (SSSR count). The van der Waals surface area contributed by atoms with E-state index in [2.05, 4.69) is 35.7 Å². The van der Waals surface area contributed by atoms with Gasteiger partial charge in [-0.15, -0.1) is 0 Å². The number of nitrogens with one attached hydrogen (secondary N) is 2. The molecule has 4 aromatic heterocycles. The summed E-state index contributed by atoms with van der Waals surface area (Å²) in [6, 6.07) is 11.6. The summed E-state index contributed by atoms with van der Waals surface area (Å²) in [6.07, 6.45) is 6.51. The molecule has 0 spiro atoms. The van der Waals surface area contributed by atoms with Crippen molar-refractivity contribution in [3.8, 4) is 11.4 Å². The first-order valence-electron chi connectivity index (χ1n) is 10.2. The van der Waals surface area contributed by atoms with Gasteiger partial charge < -0.3 is 15.1 Å². The van der Waals surface area contributed by atoms with Gasteiger partial charge in [-0.3, -0.25) is 14.5 Å². The summed E-state index contributed by atoms with van der Waals surface area (Å²) in [5.74, 6) is 0.664. The molecule has 10 heteroatoms. The second kappa shape index (κ2) is 8.50. The standard InChI is InChI=1S/C23H20N8O2/c1-14-10-26-23(29-19-7-8-27-31(19)2)30-20(14)18-13-33-22(28-18)21(32)25-12-15-9-16-5-3-4-6-17(16)24-11-15/h3-11,13H,12H2,1-2H3,(H,25,32)(H,26,29,30). The van der Waals surface area contributed by atoms with E-state index in [-0.39, 0.29) is 5.89 Å². The molecule has 0 aliphatic heterocycles. The topological polar surface area (TPSA) is 124 Å². The lowest BCUT2D eigenvalue weighted by molar-refractivity contribution is 0.0916. The van der Waals surface area contributed by atoms with Gasteiger partial charge in [-0.25, -0.2) is 15.0 Å². The van der Waals surface area contributed by atoms with E-state index in [1.807, 2.05) is 50.4 Å². The molecule has 0 radical (unpaired) electrons. The third-order valence-corrected chi connectivity index (χ3v) is 5.07. The fraction of sp³-hybridized carbons (Fsp3) is 0.130. The van der Waals surface area contributed by atoms with E-state index in [9.17, 15) is 4.79 Å². The molecule has 164 valence electrons. The molecular formula is C23H20N8O2. The molecule has 5 aromatic rings. The molecule has 0 aliphatic carbocycles. The highest BCUT2D eigenvalue weighted by atomic mass is 16.4. The number of benzene rings is 1. The third-order valence-electron chi connectivity index (χ3n) is 5.07. The normalized spacial score (nSPS) is 11.0. The zero-order valence-electron chi connectivity index (χ0n) is 18.0. The molecule has 0 saturated heterocycles. The Kier molecular flexibility index (Phi) is 5.23. The van der Waals surface area contributed by atoms with Crippen molar-refractivity contribution in [3.05, 3.63) is 78.3 Å². The van der Waals surface area contributed by atoms with Crippen LogP contribution in [0.4, 0.5) is 11.8 Å². The number of hydrogen-bond acceptors (Lipinski definition) is 8. The first-order chi connectivity index (χ1) is 16.1. The summed E-state index contributed by atoms with van der Waals surface area (Å²) in [5.41, 5.74) is 3.60. The Labute approximate surface area is 188 Å².